The minimum atomic E-state index is -3.49. The Morgan fingerprint density at radius 3 is 2.29 bits per heavy atom. The van der Waals surface area contributed by atoms with E-state index in [1.165, 1.54) is 12.1 Å². The highest BCUT2D eigenvalue weighted by Crippen LogP contribution is 2.18. The maximum absolute atomic E-state index is 12.0. The van der Waals surface area contributed by atoms with Crippen LogP contribution in [0.4, 0.5) is 5.69 Å². The topological polar surface area (TPSA) is 86.7 Å². The summed E-state index contributed by atoms with van der Waals surface area (Å²) in [5.41, 5.74) is 0.702. The van der Waals surface area contributed by atoms with E-state index in [9.17, 15) is 13.2 Å². The Balaban J connectivity index is 2.91. The Kier molecular flexibility index (Phi) is 6.64. The number of nitrogens with one attached hydrogen (secondary N) is 1. The second-order valence-electron chi connectivity index (χ2n) is 4.71. The zero-order chi connectivity index (χ0) is 15.9. The van der Waals surface area contributed by atoms with Gasteiger partial charge in [0, 0.05) is 18.8 Å². The average Bonchev–Trinajstić information content (AvgIpc) is 2.44. The van der Waals surface area contributed by atoms with E-state index in [2.05, 4.69) is 4.72 Å². The molecule has 0 aliphatic heterocycles. The summed E-state index contributed by atoms with van der Waals surface area (Å²) in [6, 6.07) is 6.27. The Morgan fingerprint density at radius 1 is 1.19 bits per heavy atom. The van der Waals surface area contributed by atoms with Gasteiger partial charge in [-0.15, -0.1) is 0 Å². The van der Waals surface area contributed by atoms with Crippen molar-refractivity contribution in [2.45, 2.75) is 31.6 Å². The monoisotopic (exact) mass is 314 g/mol. The molecule has 0 saturated heterocycles. The zero-order valence-corrected chi connectivity index (χ0v) is 13.2. The molecule has 0 radical (unpaired) electrons. The molecule has 0 aliphatic carbocycles. The summed E-state index contributed by atoms with van der Waals surface area (Å²) in [4.78, 5) is 12.7. The summed E-state index contributed by atoms with van der Waals surface area (Å²) in [5, 5.41) is 8.91. The maximum Gasteiger partial charge on any atom is 0.323 e. The number of benzene rings is 1. The van der Waals surface area contributed by atoms with Crippen LogP contribution in [0.5, 0.6) is 0 Å². The van der Waals surface area contributed by atoms with Crippen LogP contribution in [-0.4, -0.2) is 39.1 Å². The molecule has 1 rings (SSSR count). The molecule has 6 nitrogen and oxygen atoms in total. The van der Waals surface area contributed by atoms with Gasteiger partial charge in [-0.05, 0) is 37.1 Å². The lowest BCUT2D eigenvalue weighted by atomic mass is 10.2. The highest BCUT2D eigenvalue weighted by Gasteiger charge is 2.14. The minimum absolute atomic E-state index is 0.103. The first-order valence-electron chi connectivity index (χ1n) is 6.97. The number of sulfonamides is 1. The van der Waals surface area contributed by atoms with Crippen molar-refractivity contribution in [3.8, 4) is 0 Å². The quantitative estimate of drug-likeness (QED) is 0.724. The summed E-state index contributed by atoms with van der Waals surface area (Å²) in [5.74, 6) is -0.912. The van der Waals surface area contributed by atoms with Crippen LogP contribution in [0.15, 0.2) is 29.2 Å². The van der Waals surface area contributed by atoms with Crippen LogP contribution in [0.1, 0.15) is 26.7 Å². The van der Waals surface area contributed by atoms with E-state index in [0.717, 1.165) is 12.8 Å². The lowest BCUT2D eigenvalue weighted by Crippen LogP contribution is -2.30. The van der Waals surface area contributed by atoms with Gasteiger partial charge in [0.1, 0.15) is 6.54 Å². The summed E-state index contributed by atoms with van der Waals surface area (Å²) in [6.45, 7) is 4.74. The molecule has 0 saturated carbocycles. The lowest BCUT2D eigenvalue weighted by molar-refractivity contribution is -0.135. The molecule has 0 atom stereocenters. The van der Waals surface area contributed by atoms with Gasteiger partial charge in [0.2, 0.25) is 10.0 Å². The predicted octanol–water partition coefficient (Wildman–Crippen LogP) is 1.68. The Morgan fingerprint density at radius 2 is 1.81 bits per heavy atom. The maximum atomic E-state index is 12.0. The first-order valence-corrected chi connectivity index (χ1v) is 8.45. The SMILES string of the molecule is CCCNS(=O)(=O)c1ccc(N(CCC)CC(=O)O)cc1. The van der Waals surface area contributed by atoms with E-state index >= 15 is 0 Å². The number of carboxylic acid groups (broad SMARTS) is 1. The molecule has 0 bridgehead atoms. The van der Waals surface area contributed by atoms with Gasteiger partial charge in [0.15, 0.2) is 0 Å². The number of hydrogen-bond acceptors (Lipinski definition) is 4. The van der Waals surface area contributed by atoms with Crippen LogP contribution in [0.2, 0.25) is 0 Å². The number of anilines is 1. The molecule has 0 heterocycles. The third-order valence-corrected chi connectivity index (χ3v) is 4.35. The molecule has 1 aromatic carbocycles. The molecule has 2 N–H and O–H groups in total. The van der Waals surface area contributed by atoms with Crippen LogP contribution in [0, 0.1) is 0 Å². The van der Waals surface area contributed by atoms with Crippen LogP contribution < -0.4 is 9.62 Å². The molecule has 0 aromatic heterocycles. The van der Waals surface area contributed by atoms with Gasteiger partial charge < -0.3 is 10.0 Å². The van der Waals surface area contributed by atoms with E-state index in [-0.39, 0.29) is 11.4 Å². The second-order valence-corrected chi connectivity index (χ2v) is 6.47. The van der Waals surface area contributed by atoms with Crippen molar-refractivity contribution in [3.63, 3.8) is 0 Å². The smallest absolute Gasteiger partial charge is 0.323 e. The molecule has 0 amide bonds. The number of hydrogen-bond donors (Lipinski definition) is 2. The van der Waals surface area contributed by atoms with E-state index < -0.39 is 16.0 Å². The zero-order valence-electron chi connectivity index (χ0n) is 12.4. The first kappa shape index (κ1) is 17.5. The molecule has 0 spiro atoms. The van der Waals surface area contributed by atoms with Gasteiger partial charge in [-0.2, -0.15) is 0 Å². The lowest BCUT2D eigenvalue weighted by Gasteiger charge is -2.22. The molecule has 21 heavy (non-hydrogen) atoms. The second kappa shape index (κ2) is 7.99. The molecule has 1 aromatic rings. The van der Waals surface area contributed by atoms with E-state index in [4.69, 9.17) is 5.11 Å². The molecular weight excluding hydrogens is 292 g/mol. The Labute approximate surface area is 125 Å². The van der Waals surface area contributed by atoms with Crippen molar-refractivity contribution in [1.29, 1.82) is 0 Å². The van der Waals surface area contributed by atoms with Crippen molar-refractivity contribution in [2.24, 2.45) is 0 Å². The number of rotatable bonds is 9. The third-order valence-electron chi connectivity index (χ3n) is 2.87. The summed E-state index contributed by atoms with van der Waals surface area (Å²) >= 11 is 0. The van der Waals surface area contributed by atoms with E-state index in [1.807, 2.05) is 13.8 Å². The van der Waals surface area contributed by atoms with Crippen LogP contribution in [0.25, 0.3) is 0 Å². The van der Waals surface area contributed by atoms with Gasteiger partial charge in [-0.1, -0.05) is 13.8 Å². The van der Waals surface area contributed by atoms with Gasteiger partial charge in [0.25, 0.3) is 0 Å². The predicted molar refractivity (Wildman–Crippen MR) is 82.1 cm³/mol. The molecular formula is C14H22N2O4S. The Bertz CT molecular complexity index is 555. The van der Waals surface area contributed by atoms with Crippen molar-refractivity contribution >= 4 is 21.7 Å². The van der Waals surface area contributed by atoms with Crippen molar-refractivity contribution in [3.05, 3.63) is 24.3 Å². The molecule has 118 valence electrons. The Hall–Kier alpha value is -1.60. The minimum Gasteiger partial charge on any atom is -0.480 e. The fourth-order valence-corrected chi connectivity index (χ4v) is 3.02. The molecule has 7 heteroatoms. The van der Waals surface area contributed by atoms with Crippen LogP contribution >= 0.6 is 0 Å². The normalized spacial score (nSPS) is 11.3. The molecule has 0 aliphatic rings. The summed E-state index contributed by atoms with van der Waals surface area (Å²) in [7, 11) is -3.49. The summed E-state index contributed by atoms with van der Waals surface area (Å²) in [6.07, 6.45) is 1.53. The van der Waals surface area contributed by atoms with Crippen LogP contribution in [0.3, 0.4) is 0 Å². The number of aliphatic carboxylic acids is 1. The molecule has 0 fully saturated rings. The van der Waals surface area contributed by atoms with Gasteiger partial charge >= 0.3 is 5.97 Å². The number of nitrogens with zero attached hydrogens (tertiary/aromatic N) is 1. The highest BCUT2D eigenvalue weighted by molar-refractivity contribution is 7.89. The van der Waals surface area contributed by atoms with Crippen molar-refractivity contribution in [1.82, 2.24) is 4.72 Å². The van der Waals surface area contributed by atoms with Crippen molar-refractivity contribution in [2.75, 3.05) is 24.5 Å². The third kappa shape index (κ3) is 5.35. The fourth-order valence-electron chi connectivity index (χ4n) is 1.89. The van der Waals surface area contributed by atoms with E-state index in [1.54, 1.807) is 17.0 Å². The number of carbonyl (C=O) groups is 1. The number of carboxylic acids is 1. The first-order chi connectivity index (χ1) is 9.90. The van der Waals surface area contributed by atoms with Crippen molar-refractivity contribution < 1.29 is 18.3 Å². The standard InChI is InChI=1S/C14H22N2O4S/c1-3-9-15-21(19,20)13-7-5-12(6-8-13)16(10-4-2)11-14(17)18/h5-8,15H,3-4,9-11H2,1-2H3,(H,17,18). The van der Waals surface area contributed by atoms with E-state index in [0.29, 0.717) is 18.8 Å². The molecule has 0 unspecified atom stereocenters. The van der Waals surface area contributed by atoms with Gasteiger partial charge in [0.05, 0.1) is 4.90 Å². The summed E-state index contributed by atoms with van der Waals surface area (Å²) < 4.78 is 26.4. The van der Waals surface area contributed by atoms with Gasteiger partial charge in [-0.25, -0.2) is 13.1 Å². The van der Waals surface area contributed by atoms with Crippen LogP contribution in [-0.2, 0) is 14.8 Å². The average molecular weight is 314 g/mol. The fraction of sp³-hybridized carbons (Fsp3) is 0.500. The highest BCUT2D eigenvalue weighted by atomic mass is 32.2. The largest absolute Gasteiger partial charge is 0.480 e. The van der Waals surface area contributed by atoms with Gasteiger partial charge in [-0.3, -0.25) is 4.79 Å².